The lowest BCUT2D eigenvalue weighted by molar-refractivity contribution is -0.0510. The van der Waals surface area contributed by atoms with Crippen molar-refractivity contribution < 1.29 is 13.5 Å². The van der Waals surface area contributed by atoms with Crippen LogP contribution in [-0.4, -0.2) is 31.6 Å². The second-order valence-electron chi connectivity index (χ2n) is 3.86. The molecule has 0 bridgehead atoms. The second kappa shape index (κ2) is 6.51. The summed E-state index contributed by atoms with van der Waals surface area (Å²) < 4.78 is 29.0. The van der Waals surface area contributed by atoms with E-state index in [0.717, 1.165) is 5.56 Å². The van der Waals surface area contributed by atoms with Gasteiger partial charge in [-0.3, -0.25) is 4.90 Å². The zero-order valence-electron chi connectivity index (χ0n) is 10.1. The highest BCUT2D eigenvalue weighted by Crippen LogP contribution is 2.29. The minimum absolute atomic E-state index is 0.0199. The minimum atomic E-state index is -2.80. The van der Waals surface area contributed by atoms with Crippen LogP contribution in [0.3, 0.4) is 0 Å². The Bertz CT molecular complexity index is 347. The number of ether oxygens (including phenoxy) is 1. The van der Waals surface area contributed by atoms with E-state index in [1.54, 1.807) is 24.3 Å². The van der Waals surface area contributed by atoms with E-state index in [0.29, 0.717) is 13.1 Å². The Morgan fingerprint density at radius 3 is 2.59 bits per heavy atom. The summed E-state index contributed by atoms with van der Waals surface area (Å²) in [6.45, 7) is 0.356. The van der Waals surface area contributed by atoms with Crippen molar-refractivity contribution in [2.75, 3.05) is 20.1 Å². The molecule has 0 heterocycles. The molecule has 0 aliphatic heterocycles. The third kappa shape index (κ3) is 3.94. The van der Waals surface area contributed by atoms with Gasteiger partial charge in [0.05, 0.1) is 0 Å². The summed E-state index contributed by atoms with van der Waals surface area (Å²) in [4.78, 5) is 1.99. The SMILES string of the molecule is CC(c1ccccc1OC(F)F)N(C)CCN. The molecule has 0 fully saturated rings. The van der Waals surface area contributed by atoms with Crippen LogP contribution in [0.15, 0.2) is 24.3 Å². The Hall–Kier alpha value is -1.20. The average molecular weight is 244 g/mol. The molecule has 2 N–H and O–H groups in total. The maximum absolute atomic E-state index is 12.3. The van der Waals surface area contributed by atoms with E-state index in [1.807, 2.05) is 18.9 Å². The molecule has 1 atom stereocenters. The first-order valence-electron chi connectivity index (χ1n) is 5.50. The molecule has 1 aromatic carbocycles. The monoisotopic (exact) mass is 244 g/mol. The molecule has 0 saturated carbocycles. The predicted molar refractivity (Wildman–Crippen MR) is 63.2 cm³/mol. The number of hydrogen-bond acceptors (Lipinski definition) is 3. The molecule has 0 amide bonds. The summed E-state index contributed by atoms with van der Waals surface area (Å²) in [5, 5.41) is 0. The van der Waals surface area contributed by atoms with Crippen LogP contribution in [0, 0.1) is 0 Å². The first kappa shape index (κ1) is 13.9. The highest BCUT2D eigenvalue weighted by Gasteiger charge is 2.17. The molecule has 1 unspecified atom stereocenters. The van der Waals surface area contributed by atoms with Gasteiger partial charge in [-0.2, -0.15) is 8.78 Å². The zero-order chi connectivity index (χ0) is 12.8. The second-order valence-corrected chi connectivity index (χ2v) is 3.86. The van der Waals surface area contributed by atoms with E-state index in [1.165, 1.54) is 0 Å². The fraction of sp³-hybridized carbons (Fsp3) is 0.500. The lowest BCUT2D eigenvalue weighted by atomic mass is 10.1. The number of nitrogens with two attached hydrogens (primary N) is 1. The molecule has 0 aromatic heterocycles. The van der Waals surface area contributed by atoms with Gasteiger partial charge in [0.25, 0.3) is 0 Å². The molecule has 0 saturated heterocycles. The Morgan fingerprint density at radius 1 is 1.35 bits per heavy atom. The summed E-state index contributed by atoms with van der Waals surface area (Å²) >= 11 is 0. The van der Waals surface area contributed by atoms with E-state index in [2.05, 4.69) is 4.74 Å². The van der Waals surface area contributed by atoms with E-state index in [4.69, 9.17) is 5.73 Å². The smallest absolute Gasteiger partial charge is 0.387 e. The number of rotatable bonds is 6. The maximum Gasteiger partial charge on any atom is 0.387 e. The Morgan fingerprint density at radius 2 is 2.00 bits per heavy atom. The van der Waals surface area contributed by atoms with Crippen LogP contribution in [0.25, 0.3) is 0 Å². The van der Waals surface area contributed by atoms with Crippen LogP contribution < -0.4 is 10.5 Å². The average Bonchev–Trinajstić information content (AvgIpc) is 2.28. The highest BCUT2D eigenvalue weighted by molar-refractivity contribution is 5.35. The summed E-state index contributed by atoms with van der Waals surface area (Å²) in [6, 6.07) is 6.80. The van der Waals surface area contributed by atoms with E-state index in [-0.39, 0.29) is 11.8 Å². The fourth-order valence-corrected chi connectivity index (χ4v) is 1.66. The van der Waals surface area contributed by atoms with Crippen LogP contribution in [0.4, 0.5) is 8.78 Å². The van der Waals surface area contributed by atoms with Gasteiger partial charge in [-0.25, -0.2) is 0 Å². The van der Waals surface area contributed by atoms with Gasteiger partial charge in [0.2, 0.25) is 0 Å². The van der Waals surface area contributed by atoms with E-state index in [9.17, 15) is 8.78 Å². The summed E-state index contributed by atoms with van der Waals surface area (Å²) in [7, 11) is 1.90. The zero-order valence-corrected chi connectivity index (χ0v) is 10.1. The van der Waals surface area contributed by atoms with E-state index < -0.39 is 6.61 Å². The topological polar surface area (TPSA) is 38.5 Å². The molecule has 17 heavy (non-hydrogen) atoms. The third-order valence-corrected chi connectivity index (χ3v) is 2.73. The van der Waals surface area contributed by atoms with Gasteiger partial charge < -0.3 is 10.5 Å². The van der Waals surface area contributed by atoms with Gasteiger partial charge in [0.15, 0.2) is 0 Å². The number of halogens is 2. The molecule has 1 rings (SSSR count). The van der Waals surface area contributed by atoms with Crippen molar-refractivity contribution in [1.29, 1.82) is 0 Å². The Kier molecular flexibility index (Phi) is 5.31. The molecular weight excluding hydrogens is 226 g/mol. The number of alkyl halides is 2. The van der Waals surface area contributed by atoms with Crippen molar-refractivity contribution in [3.05, 3.63) is 29.8 Å². The molecule has 0 radical (unpaired) electrons. The quantitative estimate of drug-likeness (QED) is 0.834. The van der Waals surface area contributed by atoms with Crippen LogP contribution in [0.5, 0.6) is 5.75 Å². The Labute approximate surface area is 100 Å². The van der Waals surface area contributed by atoms with Crippen LogP contribution in [-0.2, 0) is 0 Å². The van der Waals surface area contributed by atoms with Gasteiger partial charge in [-0.1, -0.05) is 18.2 Å². The van der Waals surface area contributed by atoms with Crippen molar-refractivity contribution in [2.45, 2.75) is 19.6 Å². The fourth-order valence-electron chi connectivity index (χ4n) is 1.66. The van der Waals surface area contributed by atoms with Crippen molar-refractivity contribution >= 4 is 0 Å². The Balaban J connectivity index is 2.88. The standard InChI is InChI=1S/C12H18F2N2O/c1-9(16(2)8-7-15)10-5-3-4-6-11(10)17-12(13)14/h3-6,9,12H,7-8,15H2,1-2H3. The number of hydrogen-bond donors (Lipinski definition) is 1. The van der Waals surface area contributed by atoms with Crippen molar-refractivity contribution in [2.24, 2.45) is 5.73 Å². The molecule has 0 spiro atoms. The number of nitrogens with zero attached hydrogens (tertiary/aromatic N) is 1. The molecule has 0 aliphatic carbocycles. The van der Waals surface area contributed by atoms with Gasteiger partial charge in [0.1, 0.15) is 5.75 Å². The van der Waals surface area contributed by atoms with E-state index >= 15 is 0 Å². The maximum atomic E-state index is 12.3. The summed E-state index contributed by atoms with van der Waals surface area (Å²) in [6.07, 6.45) is 0. The third-order valence-electron chi connectivity index (χ3n) is 2.73. The first-order valence-corrected chi connectivity index (χ1v) is 5.50. The molecule has 3 nitrogen and oxygen atoms in total. The number of likely N-dealkylation sites (N-methyl/N-ethyl adjacent to an activating group) is 1. The van der Waals surface area contributed by atoms with Crippen LogP contribution in [0.2, 0.25) is 0 Å². The van der Waals surface area contributed by atoms with Crippen molar-refractivity contribution in [3.8, 4) is 5.75 Å². The molecule has 5 heteroatoms. The van der Waals surface area contributed by atoms with Gasteiger partial charge in [0, 0.05) is 24.7 Å². The van der Waals surface area contributed by atoms with Crippen LogP contribution >= 0.6 is 0 Å². The summed E-state index contributed by atoms with van der Waals surface area (Å²) in [5.74, 6) is 0.221. The predicted octanol–water partition coefficient (Wildman–Crippen LogP) is 2.24. The van der Waals surface area contributed by atoms with Gasteiger partial charge in [-0.15, -0.1) is 0 Å². The lowest BCUT2D eigenvalue weighted by Gasteiger charge is -2.26. The largest absolute Gasteiger partial charge is 0.434 e. The molecular formula is C12H18F2N2O. The van der Waals surface area contributed by atoms with Crippen molar-refractivity contribution in [3.63, 3.8) is 0 Å². The molecule has 0 aliphatic rings. The highest BCUT2D eigenvalue weighted by atomic mass is 19.3. The van der Waals surface area contributed by atoms with Gasteiger partial charge >= 0.3 is 6.61 Å². The van der Waals surface area contributed by atoms with Crippen molar-refractivity contribution in [1.82, 2.24) is 4.90 Å². The molecule has 96 valence electrons. The normalized spacial score (nSPS) is 13.1. The number of para-hydroxylation sites is 1. The van der Waals surface area contributed by atoms with Crippen LogP contribution in [0.1, 0.15) is 18.5 Å². The first-order chi connectivity index (χ1) is 8.06. The minimum Gasteiger partial charge on any atom is -0.434 e. The number of benzene rings is 1. The lowest BCUT2D eigenvalue weighted by Crippen LogP contribution is -2.28. The molecule has 1 aromatic rings. The van der Waals surface area contributed by atoms with Gasteiger partial charge in [-0.05, 0) is 20.0 Å². The summed E-state index contributed by atoms with van der Waals surface area (Å²) in [5.41, 5.74) is 6.21.